The van der Waals surface area contributed by atoms with Crippen molar-refractivity contribution in [3.63, 3.8) is 0 Å². The van der Waals surface area contributed by atoms with Crippen LogP contribution >= 0.6 is 11.6 Å². The van der Waals surface area contributed by atoms with E-state index in [-0.39, 0.29) is 21.8 Å². The molecule has 0 saturated heterocycles. The monoisotopic (exact) mass is 280 g/mol. The van der Waals surface area contributed by atoms with Gasteiger partial charge >= 0.3 is 5.97 Å². The number of carbonyl (C=O) groups excluding carboxylic acids is 1. The number of carboxylic acids is 1. The molecule has 0 aliphatic heterocycles. The van der Waals surface area contributed by atoms with Crippen LogP contribution in [0.5, 0.6) is 0 Å². The van der Waals surface area contributed by atoms with Crippen molar-refractivity contribution in [2.75, 3.05) is 5.32 Å². The number of aryl methyl sites for hydroxylation is 1. The number of nitrogens with one attached hydrogen (secondary N) is 1. The van der Waals surface area contributed by atoms with E-state index in [1.54, 1.807) is 13.0 Å². The Bertz CT molecular complexity index is 651. The number of carboxylic acid groups (broad SMARTS) is 1. The van der Waals surface area contributed by atoms with Gasteiger partial charge in [0.25, 0.3) is 5.91 Å². The number of hydrogen-bond donors (Lipinski definition) is 2. The fourth-order valence-corrected chi connectivity index (χ4v) is 1.81. The zero-order valence-corrected chi connectivity index (χ0v) is 10.6. The summed E-state index contributed by atoms with van der Waals surface area (Å²) < 4.78 is 4.77. The number of carbonyl (C=O) groups is 2. The number of benzene rings is 1. The molecule has 0 saturated carbocycles. The Hall–Kier alpha value is -2.34. The van der Waals surface area contributed by atoms with Crippen LogP contribution in [-0.4, -0.2) is 22.1 Å². The van der Waals surface area contributed by atoms with E-state index in [1.165, 1.54) is 18.3 Å². The number of hydrogen-bond acceptors (Lipinski definition) is 4. The first-order valence-electron chi connectivity index (χ1n) is 5.25. The average molecular weight is 281 g/mol. The molecule has 0 spiro atoms. The van der Waals surface area contributed by atoms with Crippen molar-refractivity contribution < 1.29 is 19.2 Å². The predicted molar refractivity (Wildman–Crippen MR) is 67.6 cm³/mol. The SMILES string of the molecule is Cc1oncc1C(=O)Nc1cccc(Cl)c1C(=O)O. The molecular formula is C12H9ClN2O4. The molecule has 0 fully saturated rings. The molecule has 7 heteroatoms. The molecule has 0 radical (unpaired) electrons. The van der Waals surface area contributed by atoms with Crippen molar-refractivity contribution in [2.45, 2.75) is 6.92 Å². The second-order valence-corrected chi connectivity index (χ2v) is 4.12. The van der Waals surface area contributed by atoms with Gasteiger partial charge in [-0.2, -0.15) is 0 Å². The summed E-state index contributed by atoms with van der Waals surface area (Å²) >= 11 is 5.80. The molecule has 1 heterocycles. The number of halogens is 1. The fraction of sp³-hybridized carbons (Fsp3) is 0.0833. The van der Waals surface area contributed by atoms with Gasteiger partial charge in [0.05, 0.1) is 16.9 Å². The van der Waals surface area contributed by atoms with Gasteiger partial charge in [0.2, 0.25) is 0 Å². The Kier molecular flexibility index (Phi) is 3.52. The van der Waals surface area contributed by atoms with Crippen LogP contribution in [0.15, 0.2) is 28.9 Å². The molecule has 6 nitrogen and oxygen atoms in total. The summed E-state index contributed by atoms with van der Waals surface area (Å²) in [6.45, 7) is 1.58. The lowest BCUT2D eigenvalue weighted by Crippen LogP contribution is -2.15. The minimum absolute atomic E-state index is 0.0485. The highest BCUT2D eigenvalue weighted by Gasteiger charge is 2.18. The molecule has 0 aliphatic carbocycles. The smallest absolute Gasteiger partial charge is 0.339 e. The fourth-order valence-electron chi connectivity index (χ4n) is 1.55. The summed E-state index contributed by atoms with van der Waals surface area (Å²) in [5, 5.41) is 15.1. The molecule has 0 atom stereocenters. The molecule has 0 aliphatic rings. The maximum Gasteiger partial charge on any atom is 0.339 e. The van der Waals surface area contributed by atoms with Crippen molar-refractivity contribution in [1.82, 2.24) is 5.16 Å². The van der Waals surface area contributed by atoms with Crippen molar-refractivity contribution >= 4 is 29.2 Å². The van der Waals surface area contributed by atoms with Crippen LogP contribution < -0.4 is 5.32 Å². The standard InChI is InChI=1S/C12H9ClN2O4/c1-6-7(5-14-19-6)11(16)15-9-4-2-3-8(13)10(9)12(17)18/h2-5H,1H3,(H,15,16)(H,17,18). The van der Waals surface area contributed by atoms with Gasteiger partial charge in [-0.05, 0) is 19.1 Å². The molecule has 0 bridgehead atoms. The lowest BCUT2D eigenvalue weighted by Gasteiger charge is -2.08. The van der Waals surface area contributed by atoms with E-state index in [4.69, 9.17) is 21.2 Å². The van der Waals surface area contributed by atoms with E-state index in [9.17, 15) is 9.59 Å². The molecule has 2 N–H and O–H groups in total. The van der Waals surface area contributed by atoms with Crippen LogP contribution in [0.2, 0.25) is 5.02 Å². The maximum absolute atomic E-state index is 11.9. The highest BCUT2D eigenvalue weighted by atomic mass is 35.5. The van der Waals surface area contributed by atoms with Gasteiger partial charge in [0.15, 0.2) is 0 Å². The number of anilines is 1. The Morgan fingerprint density at radius 1 is 1.42 bits per heavy atom. The van der Waals surface area contributed by atoms with E-state index in [2.05, 4.69) is 10.5 Å². The lowest BCUT2D eigenvalue weighted by molar-refractivity contribution is 0.0698. The lowest BCUT2D eigenvalue weighted by atomic mass is 10.1. The predicted octanol–water partition coefficient (Wildman–Crippen LogP) is 2.59. The summed E-state index contributed by atoms with van der Waals surface area (Å²) in [4.78, 5) is 23.0. The maximum atomic E-state index is 11.9. The number of aromatic nitrogens is 1. The molecule has 1 aromatic carbocycles. The van der Waals surface area contributed by atoms with Crippen molar-refractivity contribution in [1.29, 1.82) is 0 Å². The van der Waals surface area contributed by atoms with Crippen LogP contribution in [0.3, 0.4) is 0 Å². The van der Waals surface area contributed by atoms with Gasteiger partial charge < -0.3 is 14.9 Å². The summed E-state index contributed by atoms with van der Waals surface area (Å²) in [6.07, 6.45) is 1.26. The summed E-state index contributed by atoms with van der Waals surface area (Å²) in [7, 11) is 0. The second kappa shape index (κ2) is 5.11. The highest BCUT2D eigenvalue weighted by molar-refractivity contribution is 6.34. The second-order valence-electron chi connectivity index (χ2n) is 3.72. The molecule has 19 heavy (non-hydrogen) atoms. The molecule has 1 amide bonds. The number of amides is 1. The Morgan fingerprint density at radius 3 is 2.74 bits per heavy atom. The van der Waals surface area contributed by atoms with Crippen molar-refractivity contribution in [2.24, 2.45) is 0 Å². The van der Waals surface area contributed by atoms with Crippen LogP contribution in [0.1, 0.15) is 26.5 Å². The van der Waals surface area contributed by atoms with Gasteiger partial charge in [0, 0.05) is 0 Å². The quantitative estimate of drug-likeness (QED) is 0.901. The third-order valence-electron chi connectivity index (χ3n) is 2.47. The molecule has 98 valence electrons. The zero-order chi connectivity index (χ0) is 14.0. The molecule has 2 aromatic rings. The van der Waals surface area contributed by atoms with Crippen molar-refractivity contribution in [3.8, 4) is 0 Å². The van der Waals surface area contributed by atoms with Crippen molar-refractivity contribution in [3.05, 3.63) is 46.3 Å². The molecular weight excluding hydrogens is 272 g/mol. The number of nitrogens with zero attached hydrogens (tertiary/aromatic N) is 1. The molecule has 1 aromatic heterocycles. The Labute approximate surface area is 113 Å². The first kappa shape index (κ1) is 13.1. The Balaban J connectivity index is 2.35. The summed E-state index contributed by atoms with van der Waals surface area (Å²) in [5.74, 6) is -1.39. The highest BCUT2D eigenvalue weighted by Crippen LogP contribution is 2.25. The third kappa shape index (κ3) is 2.58. The van der Waals surface area contributed by atoms with Crippen LogP contribution in [0.25, 0.3) is 0 Å². The summed E-state index contributed by atoms with van der Waals surface area (Å²) in [5.41, 5.74) is 0.188. The molecule has 2 rings (SSSR count). The summed E-state index contributed by atoms with van der Waals surface area (Å²) in [6, 6.07) is 4.44. The topological polar surface area (TPSA) is 92.4 Å². The van der Waals surface area contributed by atoms with Crippen LogP contribution in [-0.2, 0) is 0 Å². The van der Waals surface area contributed by atoms with Crippen LogP contribution in [0.4, 0.5) is 5.69 Å². The van der Waals surface area contributed by atoms with Gasteiger partial charge in [-0.1, -0.05) is 22.8 Å². The van der Waals surface area contributed by atoms with E-state index < -0.39 is 11.9 Å². The Morgan fingerprint density at radius 2 is 2.16 bits per heavy atom. The minimum Gasteiger partial charge on any atom is -0.478 e. The normalized spacial score (nSPS) is 10.2. The van der Waals surface area contributed by atoms with Gasteiger partial charge in [-0.25, -0.2) is 4.79 Å². The average Bonchev–Trinajstić information content (AvgIpc) is 2.75. The minimum atomic E-state index is -1.22. The first-order valence-corrected chi connectivity index (χ1v) is 5.63. The third-order valence-corrected chi connectivity index (χ3v) is 2.79. The molecule has 0 unspecified atom stereocenters. The number of aromatic carboxylic acids is 1. The van der Waals surface area contributed by atoms with E-state index in [0.29, 0.717) is 5.76 Å². The number of rotatable bonds is 3. The van der Waals surface area contributed by atoms with Gasteiger partial charge in [-0.15, -0.1) is 0 Å². The zero-order valence-electron chi connectivity index (χ0n) is 9.81. The van der Waals surface area contributed by atoms with E-state index >= 15 is 0 Å². The van der Waals surface area contributed by atoms with Gasteiger partial charge in [-0.3, -0.25) is 4.79 Å². The largest absolute Gasteiger partial charge is 0.478 e. The van der Waals surface area contributed by atoms with E-state index in [0.717, 1.165) is 0 Å². The van der Waals surface area contributed by atoms with E-state index in [1.807, 2.05) is 0 Å². The van der Waals surface area contributed by atoms with Crippen LogP contribution in [0, 0.1) is 6.92 Å². The van der Waals surface area contributed by atoms with Gasteiger partial charge in [0.1, 0.15) is 16.9 Å². The first-order chi connectivity index (χ1) is 9.00.